The van der Waals surface area contributed by atoms with Crippen molar-refractivity contribution < 1.29 is 4.42 Å². The van der Waals surface area contributed by atoms with E-state index in [1.54, 1.807) is 0 Å². The molecule has 0 bridgehead atoms. The summed E-state index contributed by atoms with van der Waals surface area (Å²) in [5, 5.41) is 4.81. The topological polar surface area (TPSA) is 21.3 Å². The van der Waals surface area contributed by atoms with E-state index >= 15 is 0 Å². The summed E-state index contributed by atoms with van der Waals surface area (Å²) < 4.78 is 8.49. The molecule has 3 nitrogen and oxygen atoms in total. The summed E-state index contributed by atoms with van der Waals surface area (Å²) >= 11 is 0. The van der Waals surface area contributed by atoms with E-state index in [4.69, 9.17) is 4.42 Å². The molecule has 268 valence electrons. The van der Waals surface area contributed by atoms with Crippen LogP contribution in [0.5, 0.6) is 0 Å². The number of hydrogen-bond donors (Lipinski definition) is 0. The van der Waals surface area contributed by atoms with Crippen LogP contribution in [0, 0.1) is 0 Å². The minimum atomic E-state index is 0.909. The molecule has 0 unspecified atom stereocenters. The fourth-order valence-corrected chi connectivity index (χ4v) is 8.47. The number of fused-ring (bicyclic) bond motifs is 6. The molecule has 0 saturated heterocycles. The van der Waals surface area contributed by atoms with Gasteiger partial charge in [-0.1, -0.05) is 146 Å². The zero-order chi connectivity index (χ0) is 37.7. The van der Waals surface area contributed by atoms with Gasteiger partial charge < -0.3 is 13.9 Å². The monoisotopic (exact) mass is 728 g/mol. The maximum atomic E-state index is 6.08. The van der Waals surface area contributed by atoms with E-state index in [9.17, 15) is 0 Å². The van der Waals surface area contributed by atoms with Crippen molar-refractivity contribution in [1.82, 2.24) is 4.57 Å². The van der Waals surface area contributed by atoms with Crippen molar-refractivity contribution in [2.75, 3.05) is 4.90 Å². The predicted molar refractivity (Wildman–Crippen MR) is 239 cm³/mol. The van der Waals surface area contributed by atoms with Gasteiger partial charge in [0.1, 0.15) is 11.2 Å². The molecule has 0 saturated carbocycles. The Morgan fingerprint density at radius 1 is 0.316 bits per heavy atom. The van der Waals surface area contributed by atoms with Gasteiger partial charge in [0.25, 0.3) is 0 Å². The first-order valence-electron chi connectivity index (χ1n) is 19.4. The predicted octanol–water partition coefficient (Wildman–Crippen LogP) is 15.2. The van der Waals surface area contributed by atoms with Gasteiger partial charge in [0.05, 0.1) is 16.7 Å². The van der Waals surface area contributed by atoms with Crippen molar-refractivity contribution in [1.29, 1.82) is 0 Å². The lowest BCUT2D eigenvalue weighted by Crippen LogP contribution is -2.09. The molecule has 0 amide bonds. The van der Waals surface area contributed by atoms with Gasteiger partial charge in [0.15, 0.2) is 0 Å². The Labute approximate surface area is 330 Å². The number of para-hydroxylation sites is 5. The van der Waals surface area contributed by atoms with Crippen molar-refractivity contribution in [3.8, 4) is 39.1 Å². The maximum Gasteiger partial charge on any atom is 0.135 e. The van der Waals surface area contributed by atoms with Crippen molar-refractivity contribution in [2.45, 2.75) is 0 Å². The van der Waals surface area contributed by atoms with E-state index in [2.05, 4.69) is 216 Å². The Morgan fingerprint density at radius 3 is 1.44 bits per heavy atom. The molecule has 3 heteroatoms. The van der Waals surface area contributed by atoms with Crippen LogP contribution in [-0.2, 0) is 0 Å². The van der Waals surface area contributed by atoms with Gasteiger partial charge in [-0.15, -0.1) is 0 Å². The van der Waals surface area contributed by atoms with Crippen LogP contribution < -0.4 is 4.90 Å². The molecule has 0 atom stereocenters. The Kier molecular flexibility index (Phi) is 7.82. The SMILES string of the molecule is c1ccc(N(c2ccc(-c3ccc(-c4ccccc4-n4c5ccccc5c5ccccc54)cc3)cc2)c2ccc(-c3ccc4oc5ccccc5c4c3)cc2)cc1. The molecule has 11 rings (SSSR count). The highest BCUT2D eigenvalue weighted by molar-refractivity contribution is 6.10. The van der Waals surface area contributed by atoms with Crippen LogP contribution in [-0.4, -0.2) is 4.57 Å². The highest BCUT2D eigenvalue weighted by atomic mass is 16.3. The van der Waals surface area contributed by atoms with Gasteiger partial charge in [0, 0.05) is 44.2 Å². The molecule has 2 aromatic heterocycles. The minimum absolute atomic E-state index is 0.909. The molecule has 0 fully saturated rings. The Bertz CT molecular complexity index is 3160. The minimum Gasteiger partial charge on any atom is -0.456 e. The summed E-state index contributed by atoms with van der Waals surface area (Å²) in [5.41, 5.74) is 15.8. The number of anilines is 3. The van der Waals surface area contributed by atoms with Crippen molar-refractivity contribution in [3.05, 3.63) is 218 Å². The van der Waals surface area contributed by atoms with Crippen LogP contribution >= 0.6 is 0 Å². The third-order valence-corrected chi connectivity index (χ3v) is 11.2. The lowest BCUT2D eigenvalue weighted by Gasteiger charge is -2.26. The van der Waals surface area contributed by atoms with Gasteiger partial charge in [-0.3, -0.25) is 0 Å². The average molecular weight is 729 g/mol. The molecular weight excluding hydrogens is 693 g/mol. The van der Waals surface area contributed by atoms with E-state index in [0.717, 1.165) is 50.1 Å². The lowest BCUT2D eigenvalue weighted by atomic mass is 9.98. The molecule has 9 aromatic carbocycles. The number of hydrogen-bond acceptors (Lipinski definition) is 2. The van der Waals surface area contributed by atoms with Crippen LogP contribution in [0.3, 0.4) is 0 Å². The molecule has 0 aliphatic heterocycles. The van der Waals surface area contributed by atoms with Crippen LogP contribution in [0.2, 0.25) is 0 Å². The van der Waals surface area contributed by atoms with Crippen LogP contribution in [0.4, 0.5) is 17.1 Å². The summed E-state index contributed by atoms with van der Waals surface area (Å²) in [6, 6.07) is 78.1. The molecule has 0 aliphatic rings. The maximum absolute atomic E-state index is 6.08. The van der Waals surface area contributed by atoms with Crippen molar-refractivity contribution >= 4 is 60.8 Å². The highest BCUT2D eigenvalue weighted by Gasteiger charge is 2.17. The Balaban J connectivity index is 0.901. The molecule has 0 spiro atoms. The van der Waals surface area contributed by atoms with E-state index in [1.165, 1.54) is 49.7 Å². The zero-order valence-corrected chi connectivity index (χ0v) is 31.1. The normalized spacial score (nSPS) is 11.5. The number of aromatic nitrogens is 1. The summed E-state index contributed by atoms with van der Waals surface area (Å²) in [7, 11) is 0. The van der Waals surface area contributed by atoms with Crippen molar-refractivity contribution in [3.63, 3.8) is 0 Å². The molecule has 57 heavy (non-hydrogen) atoms. The zero-order valence-electron chi connectivity index (χ0n) is 31.1. The van der Waals surface area contributed by atoms with Gasteiger partial charge >= 0.3 is 0 Å². The summed E-state index contributed by atoms with van der Waals surface area (Å²) in [4.78, 5) is 2.31. The molecule has 11 aromatic rings. The second-order valence-electron chi connectivity index (χ2n) is 14.5. The molecule has 0 radical (unpaired) electrons. The summed E-state index contributed by atoms with van der Waals surface area (Å²) in [5.74, 6) is 0. The van der Waals surface area contributed by atoms with E-state index in [1.807, 2.05) is 12.1 Å². The van der Waals surface area contributed by atoms with Crippen LogP contribution in [0.15, 0.2) is 223 Å². The van der Waals surface area contributed by atoms with E-state index in [0.29, 0.717) is 0 Å². The number of rotatable bonds is 7. The summed E-state index contributed by atoms with van der Waals surface area (Å²) in [6.45, 7) is 0. The van der Waals surface area contributed by atoms with Crippen LogP contribution in [0.1, 0.15) is 0 Å². The number of nitrogens with zero attached hydrogens (tertiary/aromatic N) is 2. The second-order valence-corrected chi connectivity index (χ2v) is 14.5. The Morgan fingerprint density at radius 2 is 0.772 bits per heavy atom. The lowest BCUT2D eigenvalue weighted by molar-refractivity contribution is 0.669. The molecule has 0 N–H and O–H groups in total. The number of furan rings is 1. The van der Waals surface area contributed by atoms with E-state index < -0.39 is 0 Å². The largest absolute Gasteiger partial charge is 0.456 e. The molecule has 0 aliphatic carbocycles. The first-order valence-corrected chi connectivity index (χ1v) is 19.4. The first-order chi connectivity index (χ1) is 28.3. The standard InChI is InChI=1S/C54H36N2O/c1-2-12-42(13-3-1)55(44-33-28-39(29-34-44)41-30-35-54-49(36-41)48-17-7-11-21-53(48)57-54)43-31-26-38(27-32-43)37-22-24-40(25-23-37)45-14-4-8-18-50(45)56-51-19-9-5-15-46(51)47-16-6-10-20-52(47)56/h1-36H. The number of benzene rings is 9. The molecule has 2 heterocycles. The first kappa shape index (κ1) is 32.8. The quantitative estimate of drug-likeness (QED) is 0.163. The van der Waals surface area contributed by atoms with E-state index in [-0.39, 0.29) is 0 Å². The third-order valence-electron chi connectivity index (χ3n) is 11.2. The van der Waals surface area contributed by atoms with Crippen molar-refractivity contribution in [2.24, 2.45) is 0 Å². The highest BCUT2D eigenvalue weighted by Crippen LogP contribution is 2.39. The summed E-state index contributed by atoms with van der Waals surface area (Å²) in [6.07, 6.45) is 0. The Hall–Kier alpha value is -7.62. The second kappa shape index (κ2) is 13.6. The third kappa shape index (κ3) is 5.68. The van der Waals surface area contributed by atoms with Gasteiger partial charge in [0.2, 0.25) is 0 Å². The average Bonchev–Trinajstić information content (AvgIpc) is 3.83. The van der Waals surface area contributed by atoms with Crippen LogP contribution in [0.25, 0.3) is 82.8 Å². The fourth-order valence-electron chi connectivity index (χ4n) is 8.47. The smallest absolute Gasteiger partial charge is 0.135 e. The molecular formula is C54H36N2O. The fraction of sp³-hybridized carbons (Fsp3) is 0. The van der Waals surface area contributed by atoms with Gasteiger partial charge in [-0.25, -0.2) is 0 Å². The van der Waals surface area contributed by atoms with Gasteiger partial charge in [-0.2, -0.15) is 0 Å². The van der Waals surface area contributed by atoms with Gasteiger partial charge in [-0.05, 0) is 101 Å².